The van der Waals surface area contributed by atoms with Crippen LogP contribution in [0.25, 0.3) is 11.0 Å². The van der Waals surface area contributed by atoms with Crippen molar-refractivity contribution in [2.75, 3.05) is 13.1 Å². The van der Waals surface area contributed by atoms with Crippen LogP contribution in [0.15, 0.2) is 48.6 Å². The summed E-state index contributed by atoms with van der Waals surface area (Å²) in [5.74, 6) is 0.226. The van der Waals surface area contributed by atoms with Crippen molar-refractivity contribution in [2.45, 2.75) is 19.3 Å². The third-order valence-electron chi connectivity index (χ3n) is 5.18. The molecule has 0 saturated heterocycles. The minimum Gasteiger partial charge on any atom is -0.366 e. The van der Waals surface area contributed by atoms with E-state index in [0.29, 0.717) is 35.7 Å². The van der Waals surface area contributed by atoms with Gasteiger partial charge in [0.1, 0.15) is 5.82 Å². The number of nitrogens with zero attached hydrogens (tertiary/aromatic N) is 2. The van der Waals surface area contributed by atoms with Gasteiger partial charge in [0.25, 0.3) is 5.91 Å². The number of halogens is 1. The summed E-state index contributed by atoms with van der Waals surface area (Å²) < 4.78 is 0. The van der Waals surface area contributed by atoms with Crippen molar-refractivity contribution in [3.63, 3.8) is 0 Å². The van der Waals surface area contributed by atoms with Gasteiger partial charge in [0.05, 0.1) is 11.0 Å². The van der Waals surface area contributed by atoms with Crippen molar-refractivity contribution in [3.05, 3.63) is 76.1 Å². The van der Waals surface area contributed by atoms with Crippen LogP contribution in [-0.2, 0) is 6.42 Å². The molecule has 2 aromatic carbocycles. The zero-order valence-electron chi connectivity index (χ0n) is 16.0. The van der Waals surface area contributed by atoms with Gasteiger partial charge in [-0.1, -0.05) is 30.7 Å². The first kappa shape index (κ1) is 19.2. The Kier molecular flexibility index (Phi) is 5.11. The number of primary amides is 1. The number of hydrogen-bond donors (Lipinski definition) is 2. The highest BCUT2D eigenvalue weighted by molar-refractivity contribution is 6.31. The van der Waals surface area contributed by atoms with Gasteiger partial charge >= 0.3 is 0 Å². The summed E-state index contributed by atoms with van der Waals surface area (Å²) in [6, 6.07) is 10.5. The average Bonchev–Trinajstić information content (AvgIpc) is 3.37. The van der Waals surface area contributed by atoms with E-state index in [2.05, 4.69) is 9.97 Å². The van der Waals surface area contributed by atoms with Crippen LogP contribution < -0.4 is 5.73 Å². The van der Waals surface area contributed by atoms with Crippen molar-refractivity contribution < 1.29 is 9.59 Å². The molecule has 1 aliphatic heterocycles. The topological polar surface area (TPSA) is 92.1 Å². The lowest BCUT2D eigenvalue weighted by molar-refractivity contribution is 0.0798. The van der Waals surface area contributed by atoms with Crippen LogP contribution >= 0.6 is 11.6 Å². The van der Waals surface area contributed by atoms with E-state index in [1.807, 2.05) is 31.2 Å². The lowest BCUT2D eigenvalue weighted by Crippen LogP contribution is -2.29. The predicted molar refractivity (Wildman–Crippen MR) is 113 cm³/mol. The van der Waals surface area contributed by atoms with Crippen LogP contribution in [-0.4, -0.2) is 39.8 Å². The molecule has 4 rings (SSSR count). The van der Waals surface area contributed by atoms with Crippen molar-refractivity contribution in [2.24, 2.45) is 5.73 Å². The van der Waals surface area contributed by atoms with Gasteiger partial charge in [-0.2, -0.15) is 0 Å². The molecule has 7 heteroatoms. The highest BCUT2D eigenvalue weighted by atomic mass is 35.5. The maximum atomic E-state index is 13.0. The van der Waals surface area contributed by atoms with E-state index >= 15 is 0 Å². The highest BCUT2D eigenvalue weighted by Crippen LogP contribution is 2.26. The molecule has 0 aliphatic carbocycles. The van der Waals surface area contributed by atoms with Crippen LogP contribution in [0.2, 0.25) is 5.02 Å². The molecule has 0 radical (unpaired) electrons. The fraction of sp³-hybridized carbons (Fsp3) is 0.227. The first-order chi connectivity index (χ1) is 13.9. The van der Waals surface area contributed by atoms with E-state index in [0.717, 1.165) is 22.4 Å². The Balaban J connectivity index is 1.66. The maximum absolute atomic E-state index is 13.0. The molecule has 2 amide bonds. The number of carbonyl (C=O) groups is 2. The van der Waals surface area contributed by atoms with Crippen molar-refractivity contribution in [1.82, 2.24) is 14.9 Å². The minimum absolute atomic E-state index is 0.00689. The molecule has 2 heterocycles. The Bertz CT molecular complexity index is 1130. The molecule has 0 saturated carbocycles. The third kappa shape index (κ3) is 3.89. The molecular formula is C22H21ClN4O2. The van der Waals surface area contributed by atoms with Crippen molar-refractivity contribution >= 4 is 34.4 Å². The molecule has 0 unspecified atom stereocenters. The van der Waals surface area contributed by atoms with E-state index in [9.17, 15) is 9.59 Å². The van der Waals surface area contributed by atoms with Crippen LogP contribution in [0.1, 0.15) is 44.9 Å². The summed E-state index contributed by atoms with van der Waals surface area (Å²) in [6.45, 7) is 3.22. The van der Waals surface area contributed by atoms with Crippen LogP contribution in [0.4, 0.5) is 0 Å². The number of nitrogens with one attached hydrogen (secondary N) is 1. The number of fused-ring (bicyclic) bond motifs is 1. The SMILES string of the molecule is C[C@@H](Cc1cc(C(N)=O)ccc1C(=O)N1CC=CC1)c1nc2ccc(Cl)cc2[nH]1. The number of imidazole rings is 1. The molecule has 1 aromatic heterocycles. The normalized spacial score (nSPS) is 14.5. The number of amides is 2. The van der Waals surface area contributed by atoms with Gasteiger partial charge in [-0.05, 0) is 48.4 Å². The number of rotatable bonds is 5. The van der Waals surface area contributed by atoms with Gasteiger partial charge in [-0.3, -0.25) is 9.59 Å². The van der Waals surface area contributed by atoms with Crippen LogP contribution in [0, 0.1) is 0 Å². The monoisotopic (exact) mass is 408 g/mol. The second kappa shape index (κ2) is 7.72. The summed E-state index contributed by atoms with van der Waals surface area (Å²) in [5.41, 5.74) is 8.92. The Labute approximate surface area is 173 Å². The van der Waals surface area contributed by atoms with E-state index in [1.54, 1.807) is 29.2 Å². The van der Waals surface area contributed by atoms with Gasteiger partial charge in [0.2, 0.25) is 5.91 Å². The highest BCUT2D eigenvalue weighted by Gasteiger charge is 2.22. The number of H-pyrrole nitrogens is 1. The summed E-state index contributed by atoms with van der Waals surface area (Å²) in [6.07, 6.45) is 4.48. The molecule has 0 bridgehead atoms. The number of hydrogen-bond acceptors (Lipinski definition) is 3. The number of aromatic nitrogens is 2. The maximum Gasteiger partial charge on any atom is 0.254 e. The number of nitrogens with two attached hydrogens (primary N) is 1. The van der Waals surface area contributed by atoms with E-state index in [4.69, 9.17) is 17.3 Å². The van der Waals surface area contributed by atoms with Crippen molar-refractivity contribution in [3.8, 4) is 0 Å². The third-order valence-corrected chi connectivity index (χ3v) is 5.42. The Morgan fingerprint density at radius 3 is 2.69 bits per heavy atom. The summed E-state index contributed by atoms with van der Waals surface area (Å²) >= 11 is 6.06. The average molecular weight is 409 g/mol. The second-order valence-corrected chi connectivity index (χ2v) is 7.74. The Morgan fingerprint density at radius 1 is 1.21 bits per heavy atom. The number of aromatic amines is 1. The molecule has 1 atom stereocenters. The molecule has 0 fully saturated rings. The molecule has 6 nitrogen and oxygen atoms in total. The smallest absolute Gasteiger partial charge is 0.254 e. The second-order valence-electron chi connectivity index (χ2n) is 7.31. The minimum atomic E-state index is -0.515. The van der Waals surface area contributed by atoms with Gasteiger partial charge in [0.15, 0.2) is 0 Å². The first-order valence-corrected chi connectivity index (χ1v) is 9.82. The molecule has 29 heavy (non-hydrogen) atoms. The first-order valence-electron chi connectivity index (χ1n) is 9.44. The van der Waals surface area contributed by atoms with E-state index in [1.165, 1.54) is 0 Å². The van der Waals surface area contributed by atoms with E-state index in [-0.39, 0.29) is 11.8 Å². The van der Waals surface area contributed by atoms with Gasteiger partial charge < -0.3 is 15.6 Å². The van der Waals surface area contributed by atoms with Crippen LogP contribution in [0.3, 0.4) is 0 Å². The van der Waals surface area contributed by atoms with Crippen LogP contribution in [0.5, 0.6) is 0 Å². The molecule has 0 spiro atoms. The number of benzene rings is 2. The standard InChI is InChI=1S/C22H21ClN4O2/c1-13(21-25-18-7-5-16(23)12-19(18)26-21)10-15-11-14(20(24)28)4-6-17(15)22(29)27-8-2-3-9-27/h2-7,11-13H,8-10H2,1H3,(H2,24,28)(H,25,26)/t13-/m0/s1. The van der Waals surface area contributed by atoms with Gasteiger partial charge in [-0.15, -0.1) is 0 Å². The zero-order chi connectivity index (χ0) is 20.5. The fourth-order valence-corrected chi connectivity index (χ4v) is 3.77. The lowest BCUT2D eigenvalue weighted by atomic mass is 9.93. The summed E-state index contributed by atoms with van der Waals surface area (Å²) in [5, 5.41) is 0.640. The molecular weight excluding hydrogens is 388 g/mol. The fourth-order valence-electron chi connectivity index (χ4n) is 3.60. The van der Waals surface area contributed by atoms with Crippen molar-refractivity contribution in [1.29, 1.82) is 0 Å². The molecule has 1 aliphatic rings. The Hall–Kier alpha value is -3.12. The summed E-state index contributed by atoms with van der Waals surface area (Å²) in [7, 11) is 0. The lowest BCUT2D eigenvalue weighted by Gasteiger charge is -2.19. The predicted octanol–water partition coefficient (Wildman–Crippen LogP) is 3.67. The molecule has 148 valence electrons. The number of carbonyl (C=O) groups excluding carboxylic acids is 2. The van der Waals surface area contributed by atoms with Gasteiger partial charge in [-0.25, -0.2) is 4.98 Å². The molecule has 3 N–H and O–H groups in total. The Morgan fingerprint density at radius 2 is 1.97 bits per heavy atom. The summed E-state index contributed by atoms with van der Waals surface area (Å²) in [4.78, 5) is 34.4. The van der Waals surface area contributed by atoms with Gasteiger partial charge in [0, 0.05) is 35.2 Å². The quantitative estimate of drug-likeness (QED) is 0.631. The van der Waals surface area contributed by atoms with E-state index < -0.39 is 5.91 Å². The largest absolute Gasteiger partial charge is 0.366 e. The molecule has 3 aromatic rings. The zero-order valence-corrected chi connectivity index (χ0v) is 16.7.